The molecule has 2 aliphatic rings. The number of aromatic amines is 1. The van der Waals surface area contributed by atoms with Crippen LogP contribution in [0.2, 0.25) is 0 Å². The summed E-state index contributed by atoms with van der Waals surface area (Å²) in [6.45, 7) is 2.91. The number of aromatic nitrogens is 2. The van der Waals surface area contributed by atoms with Gasteiger partial charge in [0.25, 0.3) is 5.91 Å². The second-order valence-electron chi connectivity index (χ2n) is 6.43. The number of aryl methyl sites for hydroxylation is 1. The van der Waals surface area contributed by atoms with E-state index in [1.807, 2.05) is 6.92 Å². The second kappa shape index (κ2) is 6.50. The Morgan fingerprint density at radius 1 is 1.36 bits per heavy atom. The smallest absolute Gasteiger partial charge is 0.272 e. The summed E-state index contributed by atoms with van der Waals surface area (Å²) in [5.41, 5.74) is 0.473. The highest BCUT2D eigenvalue weighted by Gasteiger charge is 2.35. The molecule has 1 atom stereocenters. The lowest BCUT2D eigenvalue weighted by Gasteiger charge is -2.37. The van der Waals surface area contributed by atoms with Crippen LogP contribution in [0, 0.1) is 12.8 Å². The van der Waals surface area contributed by atoms with Gasteiger partial charge in [-0.2, -0.15) is 0 Å². The third kappa shape index (κ3) is 3.15. The van der Waals surface area contributed by atoms with E-state index >= 15 is 0 Å². The number of carbonyl (C=O) groups is 2. The summed E-state index contributed by atoms with van der Waals surface area (Å²) in [5, 5.41) is 2.90. The molecular weight excluding hydrogens is 280 g/mol. The first-order valence-corrected chi connectivity index (χ1v) is 8.25. The standard InChI is InChI=1S/C16H24N4O2/c1-11-18-10-13(19-11)16(22)20-8-7-17-15(21)14(20)9-12-5-3-2-4-6-12/h10,12,14H,2-9H2,1H3,(H,17,21)(H,18,19). The van der Waals surface area contributed by atoms with E-state index < -0.39 is 0 Å². The van der Waals surface area contributed by atoms with Crippen molar-refractivity contribution in [1.29, 1.82) is 0 Å². The molecule has 2 N–H and O–H groups in total. The number of nitrogens with zero attached hydrogens (tertiary/aromatic N) is 2. The molecule has 2 heterocycles. The van der Waals surface area contributed by atoms with Crippen LogP contribution in [0.5, 0.6) is 0 Å². The lowest BCUT2D eigenvalue weighted by Crippen LogP contribution is -2.57. The predicted molar refractivity (Wildman–Crippen MR) is 82.4 cm³/mol. The predicted octanol–water partition coefficient (Wildman–Crippen LogP) is 1.63. The highest BCUT2D eigenvalue weighted by Crippen LogP contribution is 2.29. The summed E-state index contributed by atoms with van der Waals surface area (Å²) in [5.74, 6) is 1.15. The van der Waals surface area contributed by atoms with E-state index in [4.69, 9.17) is 0 Å². The van der Waals surface area contributed by atoms with Crippen LogP contribution in [-0.2, 0) is 4.79 Å². The quantitative estimate of drug-likeness (QED) is 0.891. The van der Waals surface area contributed by atoms with Crippen molar-refractivity contribution >= 4 is 11.8 Å². The Balaban J connectivity index is 1.74. The monoisotopic (exact) mass is 304 g/mol. The van der Waals surface area contributed by atoms with Crippen molar-refractivity contribution in [3.8, 4) is 0 Å². The van der Waals surface area contributed by atoms with Gasteiger partial charge in [0.1, 0.15) is 17.6 Å². The molecule has 22 heavy (non-hydrogen) atoms. The van der Waals surface area contributed by atoms with Crippen molar-refractivity contribution in [3.05, 3.63) is 17.7 Å². The van der Waals surface area contributed by atoms with Crippen LogP contribution in [-0.4, -0.2) is 45.8 Å². The third-order valence-electron chi connectivity index (χ3n) is 4.81. The normalized spacial score (nSPS) is 23.4. The van der Waals surface area contributed by atoms with Crippen molar-refractivity contribution in [1.82, 2.24) is 20.2 Å². The summed E-state index contributed by atoms with van der Waals surface area (Å²) in [4.78, 5) is 33.8. The third-order valence-corrected chi connectivity index (χ3v) is 4.81. The molecule has 2 fully saturated rings. The molecule has 0 radical (unpaired) electrons. The number of piperazine rings is 1. The van der Waals surface area contributed by atoms with Gasteiger partial charge in [-0.25, -0.2) is 4.98 Å². The topological polar surface area (TPSA) is 78.1 Å². The van der Waals surface area contributed by atoms with E-state index in [2.05, 4.69) is 15.3 Å². The minimum Gasteiger partial charge on any atom is -0.353 e. The Morgan fingerprint density at radius 3 is 2.82 bits per heavy atom. The van der Waals surface area contributed by atoms with Crippen LogP contribution in [0.4, 0.5) is 0 Å². The fourth-order valence-corrected chi connectivity index (χ4v) is 3.61. The van der Waals surface area contributed by atoms with E-state index in [0.29, 0.717) is 30.5 Å². The van der Waals surface area contributed by atoms with Gasteiger partial charge in [-0.15, -0.1) is 0 Å². The van der Waals surface area contributed by atoms with Crippen molar-refractivity contribution in [2.24, 2.45) is 5.92 Å². The molecule has 6 nitrogen and oxygen atoms in total. The fourth-order valence-electron chi connectivity index (χ4n) is 3.61. The number of rotatable bonds is 3. The lowest BCUT2D eigenvalue weighted by atomic mass is 9.84. The highest BCUT2D eigenvalue weighted by atomic mass is 16.2. The summed E-state index contributed by atoms with van der Waals surface area (Å²) in [7, 11) is 0. The van der Waals surface area contributed by atoms with Crippen molar-refractivity contribution in [3.63, 3.8) is 0 Å². The first-order chi connectivity index (χ1) is 10.6. The van der Waals surface area contributed by atoms with Gasteiger partial charge in [0.05, 0.1) is 6.20 Å². The molecule has 1 aromatic rings. The molecule has 0 spiro atoms. The van der Waals surface area contributed by atoms with Crippen LogP contribution in [0.3, 0.4) is 0 Å². The van der Waals surface area contributed by atoms with Gasteiger partial charge >= 0.3 is 0 Å². The average Bonchev–Trinajstić information content (AvgIpc) is 2.96. The molecule has 1 aromatic heterocycles. The molecule has 3 rings (SSSR count). The van der Waals surface area contributed by atoms with Crippen molar-refractivity contribution in [2.75, 3.05) is 13.1 Å². The zero-order valence-corrected chi connectivity index (χ0v) is 13.1. The molecule has 1 unspecified atom stereocenters. The zero-order chi connectivity index (χ0) is 15.5. The number of hydrogen-bond donors (Lipinski definition) is 2. The van der Waals surface area contributed by atoms with Gasteiger partial charge in [-0.3, -0.25) is 9.59 Å². The molecule has 0 bridgehead atoms. The van der Waals surface area contributed by atoms with Gasteiger partial charge in [-0.1, -0.05) is 32.1 Å². The minimum atomic E-state index is -0.340. The number of hydrogen-bond acceptors (Lipinski definition) is 3. The minimum absolute atomic E-state index is 0.0126. The van der Waals surface area contributed by atoms with Gasteiger partial charge in [0.2, 0.25) is 5.91 Å². The van der Waals surface area contributed by atoms with Crippen molar-refractivity contribution in [2.45, 2.75) is 51.5 Å². The van der Waals surface area contributed by atoms with Crippen LogP contribution >= 0.6 is 0 Å². The fraction of sp³-hybridized carbons (Fsp3) is 0.688. The summed E-state index contributed by atoms with van der Waals surface area (Å²) < 4.78 is 0. The maximum atomic E-state index is 12.7. The van der Waals surface area contributed by atoms with Crippen LogP contribution < -0.4 is 5.32 Å². The van der Waals surface area contributed by atoms with Gasteiger partial charge in [0, 0.05) is 13.1 Å². The molecule has 1 saturated carbocycles. The summed E-state index contributed by atoms with van der Waals surface area (Å²) in [6.07, 6.45) is 8.47. The lowest BCUT2D eigenvalue weighted by molar-refractivity contribution is -0.128. The Labute approximate surface area is 130 Å². The summed E-state index contributed by atoms with van der Waals surface area (Å²) >= 11 is 0. The van der Waals surface area contributed by atoms with E-state index in [1.54, 1.807) is 11.1 Å². The Kier molecular flexibility index (Phi) is 4.45. The Bertz CT molecular complexity index is 548. The maximum Gasteiger partial charge on any atom is 0.272 e. The van der Waals surface area contributed by atoms with Crippen molar-refractivity contribution < 1.29 is 9.59 Å². The van der Waals surface area contributed by atoms with Gasteiger partial charge < -0.3 is 15.2 Å². The molecule has 6 heteroatoms. The highest BCUT2D eigenvalue weighted by molar-refractivity contribution is 5.96. The average molecular weight is 304 g/mol. The number of nitrogens with one attached hydrogen (secondary N) is 2. The Morgan fingerprint density at radius 2 is 2.14 bits per heavy atom. The van der Waals surface area contributed by atoms with Gasteiger partial charge in [0.15, 0.2) is 0 Å². The molecule has 1 aliphatic carbocycles. The van der Waals surface area contributed by atoms with E-state index in [0.717, 1.165) is 6.42 Å². The first kappa shape index (κ1) is 15.1. The number of amides is 2. The second-order valence-corrected chi connectivity index (χ2v) is 6.43. The molecule has 2 amide bonds. The first-order valence-electron chi connectivity index (χ1n) is 8.25. The van der Waals surface area contributed by atoms with Crippen LogP contribution in [0.1, 0.15) is 54.8 Å². The van der Waals surface area contributed by atoms with Crippen LogP contribution in [0.15, 0.2) is 6.20 Å². The van der Waals surface area contributed by atoms with E-state index in [9.17, 15) is 9.59 Å². The van der Waals surface area contributed by atoms with E-state index in [1.165, 1.54) is 32.1 Å². The summed E-state index contributed by atoms with van der Waals surface area (Å²) in [6, 6.07) is -0.340. The molecular formula is C16H24N4O2. The zero-order valence-electron chi connectivity index (χ0n) is 13.1. The molecule has 0 aromatic carbocycles. The largest absolute Gasteiger partial charge is 0.353 e. The molecule has 1 aliphatic heterocycles. The molecule has 1 saturated heterocycles. The number of carbonyl (C=O) groups excluding carboxylic acids is 2. The SMILES string of the molecule is Cc1ncc(C(=O)N2CCNC(=O)C2CC2CCCCC2)[nH]1. The van der Waals surface area contributed by atoms with E-state index in [-0.39, 0.29) is 17.9 Å². The van der Waals surface area contributed by atoms with Gasteiger partial charge in [-0.05, 0) is 19.3 Å². The number of H-pyrrole nitrogens is 1. The Hall–Kier alpha value is -1.85. The van der Waals surface area contributed by atoms with Crippen LogP contribution in [0.25, 0.3) is 0 Å². The molecule has 120 valence electrons. The maximum absolute atomic E-state index is 12.7. The number of imidazole rings is 1.